The Morgan fingerprint density at radius 3 is 3.10 bits per heavy atom. The molecule has 0 radical (unpaired) electrons. The lowest BCUT2D eigenvalue weighted by Crippen LogP contribution is -2.33. The SMILES string of the molecule is CN[C@H](CN1CC[C@@H](O)C1)c1cccc(-c2nccs2)c1. The lowest BCUT2D eigenvalue weighted by molar-refractivity contribution is 0.173. The molecular weight excluding hydrogens is 282 g/mol. The summed E-state index contributed by atoms with van der Waals surface area (Å²) in [7, 11) is 1.99. The highest BCUT2D eigenvalue weighted by atomic mass is 32.1. The van der Waals surface area contributed by atoms with E-state index in [-0.39, 0.29) is 12.1 Å². The summed E-state index contributed by atoms with van der Waals surface area (Å²) in [6.07, 6.45) is 2.56. The second-order valence-corrected chi connectivity index (χ2v) is 6.40. The maximum absolute atomic E-state index is 9.66. The Morgan fingerprint density at radius 1 is 1.52 bits per heavy atom. The molecule has 2 heterocycles. The largest absolute Gasteiger partial charge is 0.392 e. The van der Waals surface area contributed by atoms with E-state index in [4.69, 9.17) is 0 Å². The van der Waals surface area contributed by atoms with Crippen molar-refractivity contribution >= 4 is 11.3 Å². The van der Waals surface area contributed by atoms with E-state index in [0.717, 1.165) is 31.1 Å². The van der Waals surface area contributed by atoms with Gasteiger partial charge in [0, 0.05) is 42.8 Å². The summed E-state index contributed by atoms with van der Waals surface area (Å²) in [5.74, 6) is 0. The van der Waals surface area contributed by atoms with Gasteiger partial charge in [0.1, 0.15) is 5.01 Å². The number of aromatic nitrogens is 1. The van der Waals surface area contributed by atoms with Crippen LogP contribution in [0.25, 0.3) is 10.6 Å². The summed E-state index contributed by atoms with van der Waals surface area (Å²) in [5.41, 5.74) is 2.44. The van der Waals surface area contributed by atoms with Crippen LogP contribution in [0.2, 0.25) is 0 Å². The number of β-amino-alcohol motifs (C(OH)–C–C–N with tert-alkyl or cyclic N) is 1. The van der Waals surface area contributed by atoms with Crippen LogP contribution < -0.4 is 5.32 Å². The number of likely N-dealkylation sites (N-methyl/N-ethyl adjacent to an activating group) is 1. The van der Waals surface area contributed by atoms with Gasteiger partial charge in [-0.1, -0.05) is 18.2 Å². The Labute approximate surface area is 129 Å². The van der Waals surface area contributed by atoms with E-state index in [1.54, 1.807) is 11.3 Å². The molecule has 0 aliphatic carbocycles. The number of aliphatic hydroxyl groups is 1. The van der Waals surface area contributed by atoms with Crippen LogP contribution in [0.5, 0.6) is 0 Å². The van der Waals surface area contributed by atoms with Gasteiger partial charge in [0.25, 0.3) is 0 Å². The Bertz CT molecular complexity index is 573. The van der Waals surface area contributed by atoms with E-state index in [9.17, 15) is 5.11 Å². The number of likely N-dealkylation sites (tertiary alicyclic amines) is 1. The number of rotatable bonds is 5. The number of aliphatic hydroxyl groups excluding tert-OH is 1. The molecule has 0 spiro atoms. The molecule has 5 heteroatoms. The molecule has 0 amide bonds. The number of hydrogen-bond donors (Lipinski definition) is 2. The zero-order valence-corrected chi connectivity index (χ0v) is 13.0. The predicted octanol–water partition coefficient (Wildman–Crippen LogP) is 2.14. The first kappa shape index (κ1) is 14.7. The number of hydrogen-bond acceptors (Lipinski definition) is 5. The average molecular weight is 303 g/mol. The van der Waals surface area contributed by atoms with Gasteiger partial charge in [0.15, 0.2) is 0 Å². The van der Waals surface area contributed by atoms with Crippen molar-refractivity contribution in [3.05, 3.63) is 41.4 Å². The first-order valence-corrected chi connectivity index (χ1v) is 8.21. The Morgan fingerprint density at radius 2 is 2.43 bits per heavy atom. The number of nitrogens with zero attached hydrogens (tertiary/aromatic N) is 2. The summed E-state index contributed by atoms with van der Waals surface area (Å²) < 4.78 is 0. The third kappa shape index (κ3) is 3.49. The average Bonchev–Trinajstić information content (AvgIpc) is 3.16. The molecule has 2 N–H and O–H groups in total. The van der Waals surface area contributed by atoms with Crippen LogP contribution in [-0.2, 0) is 0 Å². The molecule has 1 aliphatic rings. The van der Waals surface area contributed by atoms with Crippen LogP contribution in [0.15, 0.2) is 35.8 Å². The maximum atomic E-state index is 9.66. The lowest BCUT2D eigenvalue weighted by atomic mass is 10.0. The van der Waals surface area contributed by atoms with Crippen molar-refractivity contribution in [2.24, 2.45) is 0 Å². The quantitative estimate of drug-likeness (QED) is 0.888. The number of nitrogens with one attached hydrogen (secondary N) is 1. The van der Waals surface area contributed by atoms with Crippen LogP contribution in [0, 0.1) is 0 Å². The second kappa shape index (κ2) is 6.66. The van der Waals surface area contributed by atoms with Gasteiger partial charge in [-0.25, -0.2) is 4.98 Å². The van der Waals surface area contributed by atoms with Gasteiger partial charge in [-0.3, -0.25) is 4.90 Å². The first-order valence-electron chi connectivity index (χ1n) is 7.34. The smallest absolute Gasteiger partial charge is 0.123 e. The van der Waals surface area contributed by atoms with E-state index in [2.05, 4.69) is 39.5 Å². The topological polar surface area (TPSA) is 48.4 Å². The highest BCUT2D eigenvalue weighted by Gasteiger charge is 2.23. The van der Waals surface area contributed by atoms with E-state index < -0.39 is 0 Å². The van der Waals surface area contributed by atoms with Crippen LogP contribution in [-0.4, -0.2) is 47.8 Å². The highest BCUT2D eigenvalue weighted by molar-refractivity contribution is 7.13. The Kier molecular flexibility index (Phi) is 4.65. The minimum atomic E-state index is -0.163. The highest BCUT2D eigenvalue weighted by Crippen LogP contribution is 2.25. The van der Waals surface area contributed by atoms with Crippen molar-refractivity contribution in [1.82, 2.24) is 15.2 Å². The molecule has 3 rings (SSSR count). The van der Waals surface area contributed by atoms with Crippen molar-refractivity contribution in [1.29, 1.82) is 0 Å². The number of benzene rings is 1. The van der Waals surface area contributed by atoms with Crippen molar-refractivity contribution in [3.8, 4) is 10.6 Å². The summed E-state index contributed by atoms with van der Waals surface area (Å²) >= 11 is 1.66. The molecule has 4 nitrogen and oxygen atoms in total. The lowest BCUT2D eigenvalue weighted by Gasteiger charge is -2.23. The molecule has 0 saturated carbocycles. The van der Waals surface area contributed by atoms with E-state index in [1.165, 1.54) is 11.1 Å². The van der Waals surface area contributed by atoms with E-state index >= 15 is 0 Å². The molecular formula is C16H21N3OS. The minimum absolute atomic E-state index is 0.163. The van der Waals surface area contributed by atoms with Gasteiger partial charge < -0.3 is 10.4 Å². The molecule has 1 fully saturated rings. The van der Waals surface area contributed by atoms with Crippen molar-refractivity contribution in [2.75, 3.05) is 26.7 Å². The van der Waals surface area contributed by atoms with Crippen molar-refractivity contribution < 1.29 is 5.11 Å². The summed E-state index contributed by atoms with van der Waals surface area (Å²) in [6, 6.07) is 8.84. The fraction of sp³-hybridized carbons (Fsp3) is 0.438. The van der Waals surface area contributed by atoms with Crippen molar-refractivity contribution in [3.63, 3.8) is 0 Å². The molecule has 112 valence electrons. The summed E-state index contributed by atoms with van der Waals surface area (Å²) in [5, 5.41) is 16.1. The zero-order chi connectivity index (χ0) is 14.7. The Hall–Kier alpha value is -1.27. The molecule has 0 bridgehead atoms. The van der Waals surface area contributed by atoms with Gasteiger partial charge in [-0.05, 0) is 25.1 Å². The van der Waals surface area contributed by atoms with Crippen LogP contribution in [0.1, 0.15) is 18.0 Å². The van der Waals surface area contributed by atoms with Gasteiger partial charge in [0.05, 0.1) is 6.10 Å². The van der Waals surface area contributed by atoms with Crippen molar-refractivity contribution in [2.45, 2.75) is 18.6 Å². The van der Waals surface area contributed by atoms with E-state index in [0.29, 0.717) is 0 Å². The molecule has 1 aromatic heterocycles. The number of thiazole rings is 1. The van der Waals surface area contributed by atoms with Crippen LogP contribution >= 0.6 is 11.3 Å². The fourth-order valence-electron chi connectivity index (χ4n) is 2.85. The van der Waals surface area contributed by atoms with Gasteiger partial charge in [-0.15, -0.1) is 11.3 Å². The van der Waals surface area contributed by atoms with Gasteiger partial charge in [-0.2, -0.15) is 0 Å². The Balaban J connectivity index is 1.76. The second-order valence-electron chi connectivity index (χ2n) is 5.51. The summed E-state index contributed by atoms with van der Waals surface area (Å²) in [6.45, 7) is 2.69. The van der Waals surface area contributed by atoms with Crippen LogP contribution in [0.3, 0.4) is 0 Å². The molecule has 1 aromatic carbocycles. The molecule has 2 atom stereocenters. The van der Waals surface area contributed by atoms with Gasteiger partial charge in [0.2, 0.25) is 0 Å². The zero-order valence-electron chi connectivity index (χ0n) is 12.2. The van der Waals surface area contributed by atoms with E-state index in [1.807, 2.05) is 18.6 Å². The molecule has 0 unspecified atom stereocenters. The molecule has 21 heavy (non-hydrogen) atoms. The molecule has 1 aliphatic heterocycles. The third-order valence-electron chi connectivity index (χ3n) is 4.01. The molecule has 1 saturated heterocycles. The maximum Gasteiger partial charge on any atom is 0.123 e. The van der Waals surface area contributed by atoms with Crippen LogP contribution in [0.4, 0.5) is 0 Å². The fourth-order valence-corrected chi connectivity index (χ4v) is 3.49. The minimum Gasteiger partial charge on any atom is -0.392 e. The third-order valence-corrected chi connectivity index (χ3v) is 4.83. The summed E-state index contributed by atoms with van der Waals surface area (Å²) in [4.78, 5) is 6.70. The first-order chi connectivity index (χ1) is 10.3. The van der Waals surface area contributed by atoms with Gasteiger partial charge >= 0.3 is 0 Å². The monoisotopic (exact) mass is 303 g/mol. The molecule has 2 aromatic rings. The normalized spacial score (nSPS) is 20.8. The standard InChI is InChI=1S/C16H21N3OS/c1-17-15(11-19-7-5-14(20)10-19)12-3-2-4-13(9-12)16-18-6-8-21-16/h2-4,6,8-9,14-15,17,20H,5,7,10-11H2,1H3/t14-,15-/m1/s1. The predicted molar refractivity (Wildman–Crippen MR) is 86.4 cm³/mol.